The van der Waals surface area contributed by atoms with Gasteiger partial charge >= 0.3 is 0 Å². The Morgan fingerprint density at radius 3 is 2.54 bits per heavy atom. The molecule has 1 N–H and O–H groups in total. The topological polar surface area (TPSA) is 80.7 Å². The second-order valence-corrected chi connectivity index (χ2v) is 7.18. The molecule has 0 bridgehead atoms. The van der Waals surface area contributed by atoms with Crippen molar-refractivity contribution in [3.05, 3.63) is 64.7 Å². The van der Waals surface area contributed by atoms with Crippen molar-refractivity contribution in [2.75, 3.05) is 5.32 Å². The summed E-state index contributed by atoms with van der Waals surface area (Å²) in [5.74, 6) is 0.209. The molecule has 128 valence electrons. The predicted molar refractivity (Wildman–Crippen MR) is 103 cm³/mol. The monoisotopic (exact) mass is 379 g/mol. The Labute approximate surface area is 157 Å². The molecule has 26 heavy (non-hydrogen) atoms. The molecule has 3 heterocycles. The molecule has 3 aromatic heterocycles. The Bertz CT molecular complexity index is 1040. The number of amides is 1. The lowest BCUT2D eigenvalue weighted by atomic mass is 10.1. The van der Waals surface area contributed by atoms with Crippen molar-refractivity contribution < 1.29 is 4.79 Å². The van der Waals surface area contributed by atoms with Crippen molar-refractivity contribution in [2.24, 2.45) is 0 Å². The first-order valence-corrected chi connectivity index (χ1v) is 9.52. The van der Waals surface area contributed by atoms with E-state index in [1.165, 1.54) is 28.2 Å². The Kier molecular flexibility index (Phi) is 4.51. The van der Waals surface area contributed by atoms with Crippen LogP contribution in [0.2, 0.25) is 0 Å². The third-order valence-electron chi connectivity index (χ3n) is 3.57. The van der Waals surface area contributed by atoms with E-state index >= 15 is 0 Å². The fraction of sp³-hybridized carbons (Fsp3) is 0.0556. The molecule has 0 fully saturated rings. The third-order valence-corrected chi connectivity index (χ3v) is 5.16. The van der Waals surface area contributed by atoms with Gasteiger partial charge in [-0.1, -0.05) is 29.8 Å². The van der Waals surface area contributed by atoms with Gasteiger partial charge in [0.25, 0.3) is 5.91 Å². The second kappa shape index (κ2) is 7.11. The third kappa shape index (κ3) is 3.51. The van der Waals surface area contributed by atoms with Crippen LogP contribution in [0.25, 0.3) is 22.1 Å². The standard InChI is InChI=1S/C18H13N5OS2/c1-11-3-5-12(6-4-11)13-9-26-18(22-13)23-16(24)14-10-25-17(21-14)15-19-7-2-8-20-15/h2-10H,1H3,(H,22,23,24). The highest BCUT2D eigenvalue weighted by Crippen LogP contribution is 2.26. The van der Waals surface area contributed by atoms with Gasteiger partial charge < -0.3 is 0 Å². The van der Waals surface area contributed by atoms with Crippen molar-refractivity contribution in [1.29, 1.82) is 0 Å². The van der Waals surface area contributed by atoms with E-state index in [-0.39, 0.29) is 5.91 Å². The molecule has 0 radical (unpaired) electrons. The second-order valence-electron chi connectivity index (χ2n) is 5.47. The number of aryl methyl sites for hydroxylation is 1. The summed E-state index contributed by atoms with van der Waals surface area (Å²) in [5.41, 5.74) is 3.37. The van der Waals surface area contributed by atoms with E-state index in [0.29, 0.717) is 21.7 Å². The lowest BCUT2D eigenvalue weighted by Gasteiger charge is -1.99. The summed E-state index contributed by atoms with van der Waals surface area (Å²) in [5, 5.41) is 7.55. The van der Waals surface area contributed by atoms with Crippen molar-refractivity contribution in [3.63, 3.8) is 0 Å². The number of nitrogens with one attached hydrogen (secondary N) is 1. The molecule has 1 amide bonds. The molecular weight excluding hydrogens is 366 g/mol. The molecule has 0 saturated carbocycles. The average Bonchev–Trinajstić information content (AvgIpc) is 3.33. The average molecular weight is 379 g/mol. The Hall–Kier alpha value is -2.97. The number of aromatic nitrogens is 4. The fourth-order valence-electron chi connectivity index (χ4n) is 2.24. The maximum Gasteiger partial charge on any atom is 0.276 e. The number of hydrogen-bond acceptors (Lipinski definition) is 7. The molecule has 0 unspecified atom stereocenters. The zero-order valence-corrected chi connectivity index (χ0v) is 15.3. The van der Waals surface area contributed by atoms with Gasteiger partial charge in [0.15, 0.2) is 16.0 Å². The summed E-state index contributed by atoms with van der Waals surface area (Å²) >= 11 is 2.71. The number of carbonyl (C=O) groups is 1. The predicted octanol–water partition coefficient (Wildman–Crippen LogP) is 4.28. The minimum Gasteiger partial charge on any atom is -0.296 e. The summed E-state index contributed by atoms with van der Waals surface area (Å²) in [6.45, 7) is 2.04. The zero-order valence-electron chi connectivity index (χ0n) is 13.7. The summed E-state index contributed by atoms with van der Waals surface area (Å²) in [4.78, 5) is 29.5. The minimum atomic E-state index is -0.298. The number of nitrogens with zero attached hydrogens (tertiary/aromatic N) is 4. The van der Waals surface area contributed by atoms with Gasteiger partial charge in [0.1, 0.15) is 5.69 Å². The summed E-state index contributed by atoms with van der Waals surface area (Å²) in [7, 11) is 0. The first-order valence-electron chi connectivity index (χ1n) is 7.76. The molecule has 0 aliphatic heterocycles. The first kappa shape index (κ1) is 16.5. The molecule has 4 aromatic rings. The van der Waals surface area contributed by atoms with Crippen LogP contribution in [-0.4, -0.2) is 25.8 Å². The molecule has 0 spiro atoms. The summed E-state index contributed by atoms with van der Waals surface area (Å²) in [6.07, 6.45) is 3.29. The van der Waals surface area contributed by atoms with Crippen LogP contribution in [0.15, 0.2) is 53.5 Å². The van der Waals surface area contributed by atoms with E-state index in [0.717, 1.165) is 11.3 Å². The van der Waals surface area contributed by atoms with Gasteiger partial charge in [-0.05, 0) is 13.0 Å². The number of carbonyl (C=O) groups excluding carboxylic acids is 1. The van der Waals surface area contributed by atoms with E-state index in [4.69, 9.17) is 0 Å². The molecule has 4 rings (SSSR count). The minimum absolute atomic E-state index is 0.298. The first-order chi connectivity index (χ1) is 12.7. The van der Waals surface area contributed by atoms with Crippen LogP contribution in [-0.2, 0) is 0 Å². The van der Waals surface area contributed by atoms with E-state index < -0.39 is 0 Å². The largest absolute Gasteiger partial charge is 0.296 e. The van der Waals surface area contributed by atoms with Gasteiger partial charge in [0.05, 0.1) is 5.69 Å². The van der Waals surface area contributed by atoms with Gasteiger partial charge in [0.2, 0.25) is 0 Å². The van der Waals surface area contributed by atoms with E-state index in [1.54, 1.807) is 23.8 Å². The van der Waals surface area contributed by atoms with Crippen LogP contribution >= 0.6 is 22.7 Å². The quantitative estimate of drug-likeness (QED) is 0.572. The number of anilines is 1. The van der Waals surface area contributed by atoms with E-state index in [1.807, 2.05) is 36.6 Å². The maximum absolute atomic E-state index is 12.4. The molecular formula is C18H13N5OS2. The van der Waals surface area contributed by atoms with Crippen LogP contribution in [0.4, 0.5) is 5.13 Å². The van der Waals surface area contributed by atoms with Crippen LogP contribution in [0, 0.1) is 6.92 Å². The smallest absolute Gasteiger partial charge is 0.276 e. The van der Waals surface area contributed by atoms with E-state index in [9.17, 15) is 4.79 Å². The number of rotatable bonds is 4. The Morgan fingerprint density at radius 1 is 1.00 bits per heavy atom. The molecule has 0 aliphatic rings. The lowest BCUT2D eigenvalue weighted by Crippen LogP contribution is -2.12. The van der Waals surface area contributed by atoms with Crippen LogP contribution in [0.5, 0.6) is 0 Å². The normalized spacial score (nSPS) is 10.7. The Morgan fingerprint density at radius 2 is 1.77 bits per heavy atom. The van der Waals surface area contributed by atoms with Crippen LogP contribution in [0.1, 0.15) is 16.1 Å². The highest BCUT2D eigenvalue weighted by molar-refractivity contribution is 7.14. The molecule has 8 heteroatoms. The number of benzene rings is 1. The van der Waals surface area contributed by atoms with Gasteiger partial charge in [-0.25, -0.2) is 19.9 Å². The maximum atomic E-state index is 12.4. The number of hydrogen-bond donors (Lipinski definition) is 1. The molecule has 0 aliphatic carbocycles. The fourth-order valence-corrected chi connectivity index (χ4v) is 3.70. The zero-order chi connectivity index (χ0) is 17.9. The summed E-state index contributed by atoms with van der Waals surface area (Å²) in [6, 6.07) is 9.84. The molecule has 1 aromatic carbocycles. The number of thiazole rings is 2. The van der Waals surface area contributed by atoms with Crippen LogP contribution in [0.3, 0.4) is 0 Å². The van der Waals surface area contributed by atoms with Gasteiger partial charge in [-0.3, -0.25) is 10.1 Å². The summed E-state index contributed by atoms with van der Waals surface area (Å²) < 4.78 is 0. The van der Waals surface area contributed by atoms with Crippen LogP contribution < -0.4 is 5.32 Å². The van der Waals surface area contributed by atoms with Gasteiger partial charge in [0, 0.05) is 28.7 Å². The van der Waals surface area contributed by atoms with Crippen molar-refractivity contribution >= 4 is 33.7 Å². The lowest BCUT2D eigenvalue weighted by molar-refractivity contribution is 0.102. The van der Waals surface area contributed by atoms with Crippen molar-refractivity contribution in [1.82, 2.24) is 19.9 Å². The van der Waals surface area contributed by atoms with Crippen molar-refractivity contribution in [2.45, 2.75) is 6.92 Å². The molecule has 0 atom stereocenters. The Balaban J connectivity index is 1.49. The SMILES string of the molecule is Cc1ccc(-c2csc(NC(=O)c3csc(-c4ncccn4)n3)n2)cc1. The highest BCUT2D eigenvalue weighted by atomic mass is 32.1. The molecule has 6 nitrogen and oxygen atoms in total. The molecule has 0 saturated heterocycles. The highest BCUT2D eigenvalue weighted by Gasteiger charge is 2.15. The van der Waals surface area contributed by atoms with Gasteiger partial charge in [-0.15, -0.1) is 22.7 Å². The van der Waals surface area contributed by atoms with Crippen molar-refractivity contribution in [3.8, 4) is 22.1 Å². The van der Waals surface area contributed by atoms with Gasteiger partial charge in [-0.2, -0.15) is 0 Å². The van der Waals surface area contributed by atoms with E-state index in [2.05, 4.69) is 25.3 Å².